The highest BCUT2D eigenvalue weighted by Gasteiger charge is 2.20. The summed E-state index contributed by atoms with van der Waals surface area (Å²) in [6.07, 6.45) is 2.71. The Morgan fingerprint density at radius 2 is 2.12 bits per heavy atom. The summed E-state index contributed by atoms with van der Waals surface area (Å²) >= 11 is 0. The molecule has 0 aliphatic carbocycles. The number of hydrogen-bond acceptors (Lipinski definition) is 6. The Morgan fingerprint density at radius 3 is 2.79 bits per heavy atom. The molecule has 122 valence electrons. The standard InChI is InChI=1S/C18H19N5O/c1-11-5-6-13(8-12(11)2)10-21-17-14(9-19)16(22-18(20)23-17)15-4-3-7-24-15/h4-6,8H,3,7,10H2,1-2H3,(H3,20,21,22,23). The van der Waals surface area contributed by atoms with Crippen molar-refractivity contribution in [2.45, 2.75) is 26.8 Å². The first kappa shape index (κ1) is 15.8. The van der Waals surface area contributed by atoms with Crippen LogP contribution in [0.25, 0.3) is 5.76 Å². The molecule has 3 N–H and O–H groups in total. The number of anilines is 2. The molecule has 0 bridgehead atoms. The second-order valence-corrected chi connectivity index (χ2v) is 5.74. The Kier molecular flexibility index (Phi) is 4.34. The second kappa shape index (κ2) is 6.59. The number of nitriles is 1. The van der Waals surface area contributed by atoms with Gasteiger partial charge in [-0.1, -0.05) is 18.2 Å². The van der Waals surface area contributed by atoms with E-state index in [0.29, 0.717) is 36.0 Å². The van der Waals surface area contributed by atoms with Crippen LogP contribution in [0.15, 0.2) is 24.3 Å². The number of nitrogen functional groups attached to an aromatic ring is 1. The van der Waals surface area contributed by atoms with Gasteiger partial charge in [0.1, 0.15) is 23.1 Å². The summed E-state index contributed by atoms with van der Waals surface area (Å²) in [6.45, 7) is 5.29. The fraction of sp³-hybridized carbons (Fsp3) is 0.278. The van der Waals surface area contributed by atoms with E-state index >= 15 is 0 Å². The van der Waals surface area contributed by atoms with E-state index in [1.807, 2.05) is 6.08 Å². The molecule has 0 radical (unpaired) electrons. The number of nitrogens with two attached hydrogens (primary N) is 1. The normalized spacial score (nSPS) is 13.1. The smallest absolute Gasteiger partial charge is 0.222 e. The number of aryl methyl sites for hydroxylation is 2. The van der Waals surface area contributed by atoms with Crippen molar-refractivity contribution < 1.29 is 4.74 Å². The highest BCUT2D eigenvalue weighted by atomic mass is 16.5. The van der Waals surface area contributed by atoms with Gasteiger partial charge in [0.25, 0.3) is 0 Å². The third-order valence-electron chi connectivity index (χ3n) is 4.01. The largest absolute Gasteiger partial charge is 0.491 e. The van der Waals surface area contributed by atoms with E-state index in [4.69, 9.17) is 10.5 Å². The Balaban J connectivity index is 1.90. The minimum Gasteiger partial charge on any atom is -0.491 e. The van der Waals surface area contributed by atoms with Gasteiger partial charge in [0.15, 0.2) is 5.82 Å². The molecule has 2 heterocycles. The van der Waals surface area contributed by atoms with Crippen molar-refractivity contribution in [2.75, 3.05) is 17.7 Å². The van der Waals surface area contributed by atoms with Gasteiger partial charge in [-0.15, -0.1) is 0 Å². The van der Waals surface area contributed by atoms with Crippen molar-refractivity contribution in [1.29, 1.82) is 5.26 Å². The molecule has 0 fully saturated rings. The molecule has 2 aromatic rings. The molecule has 0 unspecified atom stereocenters. The molecule has 1 aliphatic heterocycles. The first-order valence-electron chi connectivity index (χ1n) is 7.79. The number of rotatable bonds is 4. The molecule has 6 nitrogen and oxygen atoms in total. The second-order valence-electron chi connectivity index (χ2n) is 5.74. The van der Waals surface area contributed by atoms with Crippen molar-refractivity contribution in [1.82, 2.24) is 9.97 Å². The van der Waals surface area contributed by atoms with Crippen LogP contribution >= 0.6 is 0 Å². The summed E-state index contributed by atoms with van der Waals surface area (Å²) in [5.41, 5.74) is 10.2. The number of nitrogens with one attached hydrogen (secondary N) is 1. The van der Waals surface area contributed by atoms with Gasteiger partial charge in [0.05, 0.1) is 6.61 Å². The van der Waals surface area contributed by atoms with Crippen molar-refractivity contribution in [3.63, 3.8) is 0 Å². The van der Waals surface area contributed by atoms with Gasteiger partial charge in [-0.25, -0.2) is 4.98 Å². The van der Waals surface area contributed by atoms with Gasteiger partial charge < -0.3 is 15.8 Å². The maximum Gasteiger partial charge on any atom is 0.222 e. The fourth-order valence-corrected chi connectivity index (χ4v) is 2.57. The predicted octanol–water partition coefficient (Wildman–Crippen LogP) is 2.92. The minimum absolute atomic E-state index is 0.114. The maximum absolute atomic E-state index is 9.53. The molecular formula is C18H19N5O. The summed E-state index contributed by atoms with van der Waals surface area (Å²) < 4.78 is 5.52. The van der Waals surface area contributed by atoms with Gasteiger partial charge in [-0.05, 0) is 36.6 Å². The number of hydrogen-bond donors (Lipinski definition) is 2. The number of ether oxygens (including phenoxy) is 1. The lowest BCUT2D eigenvalue weighted by molar-refractivity contribution is 0.306. The Hall–Kier alpha value is -3.07. The number of benzene rings is 1. The van der Waals surface area contributed by atoms with Crippen molar-refractivity contribution >= 4 is 17.5 Å². The lowest BCUT2D eigenvalue weighted by Crippen LogP contribution is -2.10. The number of nitrogens with zero attached hydrogens (tertiary/aromatic N) is 3. The number of aromatic nitrogens is 2. The zero-order valence-corrected chi connectivity index (χ0v) is 13.8. The summed E-state index contributed by atoms with van der Waals surface area (Å²) in [5.74, 6) is 1.13. The van der Waals surface area contributed by atoms with Crippen LogP contribution in [-0.2, 0) is 11.3 Å². The molecule has 0 atom stereocenters. The first-order chi connectivity index (χ1) is 11.6. The highest BCUT2D eigenvalue weighted by Crippen LogP contribution is 2.27. The molecule has 6 heteroatoms. The fourth-order valence-electron chi connectivity index (χ4n) is 2.57. The highest BCUT2D eigenvalue weighted by molar-refractivity contribution is 5.70. The third kappa shape index (κ3) is 3.15. The Morgan fingerprint density at radius 1 is 1.29 bits per heavy atom. The van der Waals surface area contributed by atoms with Crippen LogP contribution in [0.5, 0.6) is 0 Å². The average molecular weight is 321 g/mol. The van der Waals surface area contributed by atoms with Gasteiger partial charge in [-0.3, -0.25) is 0 Å². The molecule has 0 amide bonds. The van der Waals surface area contributed by atoms with Crippen molar-refractivity contribution in [3.05, 3.63) is 52.2 Å². The predicted molar refractivity (Wildman–Crippen MR) is 92.9 cm³/mol. The lowest BCUT2D eigenvalue weighted by atomic mass is 10.1. The molecule has 3 rings (SSSR count). The SMILES string of the molecule is Cc1ccc(CNc2nc(N)nc(C3=CCCO3)c2C#N)cc1C. The van der Waals surface area contributed by atoms with E-state index in [1.54, 1.807) is 0 Å². The van der Waals surface area contributed by atoms with E-state index in [2.05, 4.69) is 53.4 Å². The van der Waals surface area contributed by atoms with E-state index in [-0.39, 0.29) is 5.95 Å². The zero-order valence-electron chi connectivity index (χ0n) is 13.8. The van der Waals surface area contributed by atoms with Gasteiger partial charge >= 0.3 is 0 Å². The first-order valence-corrected chi connectivity index (χ1v) is 7.79. The van der Waals surface area contributed by atoms with Crippen LogP contribution in [0.1, 0.15) is 34.4 Å². The molecule has 0 spiro atoms. The summed E-state index contributed by atoms with van der Waals surface area (Å²) in [6, 6.07) is 8.40. The van der Waals surface area contributed by atoms with Crippen LogP contribution in [0, 0.1) is 25.2 Å². The zero-order chi connectivity index (χ0) is 17.1. The minimum atomic E-state index is 0.114. The monoisotopic (exact) mass is 321 g/mol. The molecule has 1 aromatic heterocycles. The average Bonchev–Trinajstić information content (AvgIpc) is 3.09. The topological polar surface area (TPSA) is 96.8 Å². The van der Waals surface area contributed by atoms with Crippen LogP contribution in [0.2, 0.25) is 0 Å². The van der Waals surface area contributed by atoms with E-state index < -0.39 is 0 Å². The van der Waals surface area contributed by atoms with E-state index in [0.717, 1.165) is 12.0 Å². The summed E-state index contributed by atoms with van der Waals surface area (Å²) in [4.78, 5) is 8.36. The molecule has 1 aromatic carbocycles. The molecule has 0 saturated carbocycles. The van der Waals surface area contributed by atoms with Gasteiger partial charge in [-0.2, -0.15) is 10.2 Å². The van der Waals surface area contributed by atoms with E-state index in [1.165, 1.54) is 11.1 Å². The maximum atomic E-state index is 9.53. The van der Waals surface area contributed by atoms with Crippen molar-refractivity contribution in [3.8, 4) is 6.07 Å². The van der Waals surface area contributed by atoms with E-state index in [9.17, 15) is 5.26 Å². The molecule has 1 aliphatic rings. The third-order valence-corrected chi connectivity index (χ3v) is 4.01. The van der Waals surface area contributed by atoms with Crippen LogP contribution < -0.4 is 11.1 Å². The van der Waals surface area contributed by atoms with Gasteiger partial charge in [0.2, 0.25) is 5.95 Å². The van der Waals surface area contributed by atoms with Crippen LogP contribution in [-0.4, -0.2) is 16.6 Å². The van der Waals surface area contributed by atoms with Crippen LogP contribution in [0.4, 0.5) is 11.8 Å². The Bertz CT molecular complexity index is 851. The molecular weight excluding hydrogens is 302 g/mol. The lowest BCUT2D eigenvalue weighted by Gasteiger charge is -2.12. The summed E-state index contributed by atoms with van der Waals surface area (Å²) in [5, 5.41) is 12.7. The van der Waals surface area contributed by atoms with Gasteiger partial charge in [0, 0.05) is 13.0 Å². The Labute approximate surface area is 141 Å². The molecule has 24 heavy (non-hydrogen) atoms. The quantitative estimate of drug-likeness (QED) is 0.898. The van der Waals surface area contributed by atoms with Crippen LogP contribution in [0.3, 0.4) is 0 Å². The molecule has 0 saturated heterocycles. The summed E-state index contributed by atoms with van der Waals surface area (Å²) in [7, 11) is 0. The van der Waals surface area contributed by atoms with Crippen molar-refractivity contribution in [2.24, 2.45) is 0 Å².